The minimum atomic E-state index is -0.614. The Labute approximate surface area is 121 Å². The molecule has 0 fully saturated rings. The maximum absolute atomic E-state index is 11.3. The standard InChI is InChI=1S/C15H14N4O2/c1-21-12-7-2-4-9(8-16)14(12)19-11-6-3-5-10(13(11)17)15(18)20/h2-7,19H,17H2,1H3,(H2,18,20). The number of methoxy groups -OCH3 is 1. The van der Waals surface area contributed by atoms with Crippen LogP contribution in [0.25, 0.3) is 0 Å². The van der Waals surface area contributed by atoms with Gasteiger partial charge in [0.1, 0.15) is 11.8 Å². The Morgan fingerprint density at radius 3 is 2.62 bits per heavy atom. The van der Waals surface area contributed by atoms with Crippen LogP contribution < -0.4 is 21.5 Å². The summed E-state index contributed by atoms with van der Waals surface area (Å²) in [5, 5.41) is 12.2. The topological polar surface area (TPSA) is 114 Å². The van der Waals surface area contributed by atoms with Gasteiger partial charge in [-0.3, -0.25) is 4.79 Å². The summed E-state index contributed by atoms with van der Waals surface area (Å²) in [6.07, 6.45) is 0. The molecule has 6 nitrogen and oxygen atoms in total. The number of nitrogens with one attached hydrogen (secondary N) is 1. The lowest BCUT2D eigenvalue weighted by molar-refractivity contribution is 0.100. The number of carbonyl (C=O) groups is 1. The van der Waals surface area contributed by atoms with Crippen molar-refractivity contribution in [3.63, 3.8) is 0 Å². The normalized spacial score (nSPS) is 9.71. The van der Waals surface area contributed by atoms with Crippen LogP contribution in [-0.4, -0.2) is 13.0 Å². The van der Waals surface area contributed by atoms with Crippen LogP contribution in [0.4, 0.5) is 17.1 Å². The molecule has 0 unspecified atom stereocenters. The zero-order chi connectivity index (χ0) is 15.4. The molecule has 0 aliphatic rings. The number of benzene rings is 2. The van der Waals surface area contributed by atoms with E-state index >= 15 is 0 Å². The average Bonchev–Trinajstić information content (AvgIpc) is 2.49. The number of hydrogen-bond donors (Lipinski definition) is 3. The van der Waals surface area contributed by atoms with Gasteiger partial charge in [-0.05, 0) is 24.3 Å². The number of carbonyl (C=O) groups excluding carboxylic acids is 1. The predicted octanol–water partition coefficient (Wildman–Crippen LogP) is 1.99. The highest BCUT2D eigenvalue weighted by atomic mass is 16.5. The third-order valence-corrected chi connectivity index (χ3v) is 3.00. The molecule has 0 aromatic heterocycles. The molecule has 106 valence electrons. The van der Waals surface area contributed by atoms with E-state index in [2.05, 4.69) is 11.4 Å². The van der Waals surface area contributed by atoms with E-state index in [-0.39, 0.29) is 11.3 Å². The zero-order valence-electron chi connectivity index (χ0n) is 11.4. The molecule has 0 bridgehead atoms. The van der Waals surface area contributed by atoms with Gasteiger partial charge in [0, 0.05) is 0 Å². The molecular formula is C15H14N4O2. The second-order valence-electron chi connectivity index (χ2n) is 4.25. The van der Waals surface area contributed by atoms with E-state index in [1.807, 2.05) is 0 Å². The summed E-state index contributed by atoms with van der Waals surface area (Å²) < 4.78 is 5.23. The van der Waals surface area contributed by atoms with Gasteiger partial charge in [0.2, 0.25) is 0 Å². The molecule has 2 rings (SSSR count). The third kappa shape index (κ3) is 2.72. The van der Waals surface area contributed by atoms with Crippen molar-refractivity contribution in [1.29, 1.82) is 5.26 Å². The molecule has 6 heteroatoms. The monoisotopic (exact) mass is 282 g/mol. The summed E-state index contributed by atoms with van der Waals surface area (Å²) in [6.45, 7) is 0. The number of nitriles is 1. The summed E-state index contributed by atoms with van der Waals surface area (Å²) in [6, 6.07) is 12.0. The number of ether oxygens (including phenoxy) is 1. The summed E-state index contributed by atoms with van der Waals surface area (Å²) in [4.78, 5) is 11.3. The highest BCUT2D eigenvalue weighted by Crippen LogP contribution is 2.33. The Kier molecular flexibility index (Phi) is 3.95. The highest BCUT2D eigenvalue weighted by Gasteiger charge is 2.13. The largest absolute Gasteiger partial charge is 0.495 e. The fourth-order valence-corrected chi connectivity index (χ4v) is 1.95. The van der Waals surface area contributed by atoms with Gasteiger partial charge in [0.25, 0.3) is 5.91 Å². The van der Waals surface area contributed by atoms with Gasteiger partial charge in [-0.1, -0.05) is 12.1 Å². The van der Waals surface area contributed by atoms with E-state index in [0.717, 1.165) is 0 Å². The molecule has 2 aromatic rings. The zero-order valence-corrected chi connectivity index (χ0v) is 11.4. The Morgan fingerprint density at radius 1 is 1.29 bits per heavy atom. The summed E-state index contributed by atoms with van der Waals surface area (Å²) in [7, 11) is 1.50. The summed E-state index contributed by atoms with van der Waals surface area (Å²) >= 11 is 0. The molecular weight excluding hydrogens is 268 g/mol. The minimum Gasteiger partial charge on any atom is -0.495 e. The van der Waals surface area contributed by atoms with E-state index < -0.39 is 5.91 Å². The van der Waals surface area contributed by atoms with Gasteiger partial charge in [-0.15, -0.1) is 0 Å². The fourth-order valence-electron chi connectivity index (χ4n) is 1.95. The van der Waals surface area contributed by atoms with E-state index in [1.54, 1.807) is 30.3 Å². The number of amides is 1. The first-order chi connectivity index (χ1) is 10.1. The van der Waals surface area contributed by atoms with Crippen molar-refractivity contribution in [2.24, 2.45) is 5.73 Å². The third-order valence-electron chi connectivity index (χ3n) is 3.00. The van der Waals surface area contributed by atoms with Crippen LogP contribution in [0.5, 0.6) is 5.75 Å². The molecule has 1 amide bonds. The summed E-state index contributed by atoms with van der Waals surface area (Å²) in [5.41, 5.74) is 13.0. The van der Waals surface area contributed by atoms with Crippen molar-refractivity contribution >= 4 is 23.0 Å². The van der Waals surface area contributed by atoms with Crippen LogP contribution in [0, 0.1) is 11.3 Å². The Hall–Kier alpha value is -3.20. The molecule has 0 atom stereocenters. The van der Waals surface area contributed by atoms with Gasteiger partial charge in [-0.2, -0.15) is 5.26 Å². The second kappa shape index (κ2) is 5.84. The molecule has 0 radical (unpaired) electrons. The van der Waals surface area contributed by atoms with Crippen molar-refractivity contribution in [3.05, 3.63) is 47.5 Å². The van der Waals surface area contributed by atoms with Gasteiger partial charge in [0.15, 0.2) is 0 Å². The van der Waals surface area contributed by atoms with Crippen molar-refractivity contribution in [2.45, 2.75) is 0 Å². The van der Waals surface area contributed by atoms with E-state index in [0.29, 0.717) is 22.7 Å². The number of hydrogen-bond acceptors (Lipinski definition) is 5. The van der Waals surface area contributed by atoms with Crippen LogP contribution in [0.2, 0.25) is 0 Å². The van der Waals surface area contributed by atoms with Crippen molar-refractivity contribution in [2.75, 3.05) is 18.2 Å². The van der Waals surface area contributed by atoms with Crippen LogP contribution in [0.15, 0.2) is 36.4 Å². The maximum Gasteiger partial charge on any atom is 0.250 e. The van der Waals surface area contributed by atoms with Crippen LogP contribution >= 0.6 is 0 Å². The second-order valence-corrected chi connectivity index (χ2v) is 4.25. The fraction of sp³-hybridized carbons (Fsp3) is 0.0667. The van der Waals surface area contributed by atoms with Crippen LogP contribution in [0.1, 0.15) is 15.9 Å². The van der Waals surface area contributed by atoms with E-state index in [9.17, 15) is 10.1 Å². The lowest BCUT2D eigenvalue weighted by atomic mass is 10.1. The molecule has 21 heavy (non-hydrogen) atoms. The van der Waals surface area contributed by atoms with Crippen molar-refractivity contribution in [1.82, 2.24) is 0 Å². The van der Waals surface area contributed by atoms with Gasteiger partial charge in [0.05, 0.1) is 35.3 Å². The number of nitrogen functional groups attached to an aromatic ring is 1. The lowest BCUT2D eigenvalue weighted by Crippen LogP contribution is -2.14. The molecule has 5 N–H and O–H groups in total. The molecule has 0 heterocycles. The van der Waals surface area contributed by atoms with Crippen LogP contribution in [0.3, 0.4) is 0 Å². The maximum atomic E-state index is 11.3. The summed E-state index contributed by atoms with van der Waals surface area (Å²) in [5.74, 6) is -0.116. The molecule has 2 aromatic carbocycles. The van der Waals surface area contributed by atoms with Gasteiger partial charge < -0.3 is 21.5 Å². The SMILES string of the molecule is COc1cccc(C#N)c1Nc1cccc(C(N)=O)c1N. The Morgan fingerprint density at radius 2 is 2.00 bits per heavy atom. The first kappa shape index (κ1) is 14.2. The Balaban J connectivity index is 2.51. The first-order valence-corrected chi connectivity index (χ1v) is 6.11. The number of rotatable bonds is 4. The van der Waals surface area contributed by atoms with E-state index in [4.69, 9.17) is 16.2 Å². The van der Waals surface area contributed by atoms with Crippen molar-refractivity contribution in [3.8, 4) is 11.8 Å². The van der Waals surface area contributed by atoms with E-state index in [1.165, 1.54) is 13.2 Å². The smallest absolute Gasteiger partial charge is 0.250 e. The highest BCUT2D eigenvalue weighted by molar-refractivity contribution is 6.01. The molecule has 0 spiro atoms. The number of nitrogens with zero attached hydrogens (tertiary/aromatic N) is 1. The van der Waals surface area contributed by atoms with Crippen molar-refractivity contribution < 1.29 is 9.53 Å². The van der Waals surface area contributed by atoms with Gasteiger partial charge >= 0.3 is 0 Å². The minimum absolute atomic E-state index is 0.216. The number of nitrogens with two attached hydrogens (primary N) is 2. The average molecular weight is 282 g/mol. The molecule has 0 aliphatic carbocycles. The first-order valence-electron chi connectivity index (χ1n) is 6.11. The molecule has 0 saturated heterocycles. The predicted molar refractivity (Wildman–Crippen MR) is 80.4 cm³/mol. The van der Waals surface area contributed by atoms with Crippen LogP contribution in [-0.2, 0) is 0 Å². The number of primary amides is 1. The quantitative estimate of drug-likeness (QED) is 0.742. The van der Waals surface area contributed by atoms with Gasteiger partial charge in [-0.25, -0.2) is 0 Å². The Bertz CT molecular complexity index is 735. The lowest BCUT2D eigenvalue weighted by Gasteiger charge is -2.15. The molecule has 0 aliphatic heterocycles. The number of anilines is 3. The molecule has 0 saturated carbocycles. The number of para-hydroxylation sites is 2.